The Kier molecular flexibility index (Phi) is 5.63. The number of halogens is 1. The molecule has 4 aromatic rings. The van der Waals surface area contributed by atoms with Crippen molar-refractivity contribution in [2.45, 2.75) is 19.9 Å². The monoisotopic (exact) mass is 475 g/mol. The number of aryl methyl sites for hydroxylation is 1. The topological polar surface area (TPSA) is 74.5 Å². The lowest BCUT2D eigenvalue weighted by Gasteiger charge is -2.21. The molecule has 0 saturated heterocycles. The Hall–Kier alpha value is -3.97. The molecule has 1 N–H and O–H groups in total. The van der Waals surface area contributed by atoms with Crippen molar-refractivity contribution < 1.29 is 14.3 Å². The van der Waals surface area contributed by atoms with E-state index in [0.29, 0.717) is 45.8 Å². The van der Waals surface area contributed by atoms with Crippen molar-refractivity contribution in [1.29, 1.82) is 0 Å². The molecule has 1 aliphatic heterocycles. The van der Waals surface area contributed by atoms with Crippen LogP contribution in [0.3, 0.4) is 0 Å². The number of rotatable bonds is 5. The Morgan fingerprint density at radius 2 is 1.91 bits per heavy atom. The summed E-state index contributed by atoms with van der Waals surface area (Å²) in [5, 5.41) is 3.28. The molecule has 0 saturated carbocycles. The summed E-state index contributed by atoms with van der Waals surface area (Å²) in [5.41, 5.74) is 3.20. The van der Waals surface area contributed by atoms with Crippen LogP contribution < -0.4 is 20.3 Å². The summed E-state index contributed by atoms with van der Waals surface area (Å²) < 4.78 is 14.7. The van der Waals surface area contributed by atoms with Gasteiger partial charge >= 0.3 is 0 Å². The molecular weight excluding hydrogens is 454 g/mol. The van der Waals surface area contributed by atoms with E-state index in [1.165, 1.54) is 4.68 Å². The van der Waals surface area contributed by atoms with E-state index in [-0.39, 0.29) is 18.0 Å². The van der Waals surface area contributed by atoms with Crippen molar-refractivity contribution in [3.63, 3.8) is 0 Å². The lowest BCUT2D eigenvalue weighted by Crippen LogP contribution is -2.27. The highest BCUT2D eigenvalue weighted by Crippen LogP contribution is 2.41. The van der Waals surface area contributed by atoms with Crippen molar-refractivity contribution in [3.8, 4) is 23.1 Å². The van der Waals surface area contributed by atoms with Crippen LogP contribution in [0.1, 0.15) is 16.7 Å². The normalized spacial score (nSPS) is 11.9. The average Bonchev–Trinajstić information content (AvgIpc) is 3.10. The number of aromatic nitrogens is 2. The third-order valence-corrected chi connectivity index (χ3v) is 6.04. The van der Waals surface area contributed by atoms with Crippen molar-refractivity contribution in [2.24, 2.45) is 0 Å². The quantitative estimate of drug-likeness (QED) is 0.390. The summed E-state index contributed by atoms with van der Waals surface area (Å²) in [6.07, 6.45) is 0.367. The molecule has 1 amide bonds. The standard InChI is InChI=1S/C26H22ClN3O4/c1-16-11-12-21(20(27)13-16)28-23(31)15-29-26-19(25(32)30(29)18-8-4-3-5-9-18)14-17-7-6-10-22(33-2)24(17)34-26/h3-13H,14-15H2,1-2H3,(H,28,31). The van der Waals surface area contributed by atoms with Gasteiger partial charge in [0.05, 0.1) is 29.1 Å². The highest BCUT2D eigenvalue weighted by atomic mass is 35.5. The van der Waals surface area contributed by atoms with Gasteiger partial charge in [-0.2, -0.15) is 0 Å². The smallest absolute Gasteiger partial charge is 0.278 e. The number of hydrogen-bond donors (Lipinski definition) is 1. The third kappa shape index (κ3) is 3.84. The maximum absolute atomic E-state index is 13.5. The van der Waals surface area contributed by atoms with E-state index in [1.54, 1.807) is 30.0 Å². The van der Waals surface area contributed by atoms with E-state index in [1.807, 2.05) is 55.5 Å². The second kappa shape index (κ2) is 8.76. The van der Waals surface area contributed by atoms with E-state index >= 15 is 0 Å². The van der Waals surface area contributed by atoms with Gasteiger partial charge in [0.2, 0.25) is 11.8 Å². The first-order valence-electron chi connectivity index (χ1n) is 10.8. The predicted octanol–water partition coefficient (Wildman–Crippen LogP) is 4.94. The largest absolute Gasteiger partial charge is 0.493 e. The zero-order valence-corrected chi connectivity index (χ0v) is 19.4. The lowest BCUT2D eigenvalue weighted by molar-refractivity contribution is -0.117. The molecule has 2 heterocycles. The van der Waals surface area contributed by atoms with Gasteiger partial charge in [-0.1, -0.05) is 48.0 Å². The van der Waals surface area contributed by atoms with E-state index in [4.69, 9.17) is 21.1 Å². The van der Waals surface area contributed by atoms with Crippen LogP contribution in [0, 0.1) is 6.92 Å². The van der Waals surface area contributed by atoms with Crippen LogP contribution in [0.15, 0.2) is 71.5 Å². The van der Waals surface area contributed by atoms with Crippen LogP contribution in [-0.4, -0.2) is 22.4 Å². The Balaban J connectivity index is 1.58. The van der Waals surface area contributed by atoms with Gasteiger partial charge in [0, 0.05) is 12.0 Å². The molecule has 1 aliphatic rings. The summed E-state index contributed by atoms with van der Waals surface area (Å²) in [6, 6.07) is 20.1. The SMILES string of the molecule is COc1cccc2c1Oc1c(c(=O)n(-c3ccccc3)n1CC(=O)Nc1ccc(C)cc1Cl)C2. The molecule has 3 aromatic carbocycles. The summed E-state index contributed by atoms with van der Waals surface area (Å²) in [4.78, 5) is 26.6. The maximum atomic E-state index is 13.5. The summed E-state index contributed by atoms with van der Waals surface area (Å²) in [7, 11) is 1.56. The Labute approximate surface area is 201 Å². The van der Waals surface area contributed by atoms with Gasteiger partial charge in [0.1, 0.15) is 6.54 Å². The Morgan fingerprint density at radius 1 is 1.12 bits per heavy atom. The van der Waals surface area contributed by atoms with Crippen LogP contribution >= 0.6 is 11.6 Å². The molecule has 5 rings (SSSR count). The fourth-order valence-corrected chi connectivity index (χ4v) is 4.40. The molecule has 172 valence electrons. The molecule has 0 unspecified atom stereocenters. The van der Waals surface area contributed by atoms with Crippen molar-refractivity contribution >= 4 is 23.2 Å². The molecule has 34 heavy (non-hydrogen) atoms. The molecule has 0 atom stereocenters. The highest BCUT2D eigenvalue weighted by molar-refractivity contribution is 6.33. The molecule has 0 radical (unpaired) electrons. The number of methoxy groups -OCH3 is 1. The van der Waals surface area contributed by atoms with Crippen LogP contribution in [0.25, 0.3) is 5.69 Å². The number of anilines is 1. The van der Waals surface area contributed by atoms with Crippen LogP contribution in [0.4, 0.5) is 5.69 Å². The molecule has 7 nitrogen and oxygen atoms in total. The Morgan fingerprint density at radius 3 is 2.65 bits per heavy atom. The first kappa shape index (κ1) is 21.9. The number of para-hydroxylation sites is 2. The van der Waals surface area contributed by atoms with E-state index < -0.39 is 0 Å². The average molecular weight is 476 g/mol. The lowest BCUT2D eigenvalue weighted by atomic mass is 10.0. The number of hydrogen-bond acceptors (Lipinski definition) is 4. The molecule has 8 heteroatoms. The van der Waals surface area contributed by atoms with Gasteiger partial charge in [0.15, 0.2) is 11.5 Å². The first-order chi connectivity index (χ1) is 16.5. The minimum absolute atomic E-state index is 0.159. The number of nitrogens with zero attached hydrogens (tertiary/aromatic N) is 2. The number of fused-ring (bicyclic) bond motifs is 2. The van der Waals surface area contributed by atoms with Crippen LogP contribution in [-0.2, 0) is 17.8 Å². The second-order valence-electron chi connectivity index (χ2n) is 8.05. The summed E-state index contributed by atoms with van der Waals surface area (Å²) in [6.45, 7) is 1.76. The minimum Gasteiger partial charge on any atom is -0.493 e. The fourth-order valence-electron chi connectivity index (χ4n) is 4.12. The number of amides is 1. The van der Waals surface area contributed by atoms with Gasteiger partial charge in [-0.05, 0) is 42.8 Å². The number of ether oxygens (including phenoxy) is 2. The number of carbonyl (C=O) groups excluding carboxylic acids is 1. The zero-order chi connectivity index (χ0) is 23.8. The minimum atomic E-state index is -0.345. The summed E-state index contributed by atoms with van der Waals surface area (Å²) in [5.74, 6) is 1.07. The molecule has 1 aromatic heterocycles. The van der Waals surface area contributed by atoms with Gasteiger partial charge in [0.25, 0.3) is 5.56 Å². The molecular formula is C26H22ClN3O4. The summed E-state index contributed by atoms with van der Waals surface area (Å²) >= 11 is 6.30. The Bertz CT molecular complexity index is 1460. The van der Waals surface area contributed by atoms with Gasteiger partial charge in [-0.25, -0.2) is 9.36 Å². The molecule has 0 aliphatic carbocycles. The van der Waals surface area contributed by atoms with E-state index in [2.05, 4.69) is 5.32 Å². The molecule has 0 bridgehead atoms. The predicted molar refractivity (Wildman–Crippen MR) is 131 cm³/mol. The van der Waals surface area contributed by atoms with Gasteiger partial charge in [-0.15, -0.1) is 0 Å². The van der Waals surface area contributed by atoms with Crippen molar-refractivity contribution in [1.82, 2.24) is 9.36 Å². The fraction of sp³-hybridized carbons (Fsp3) is 0.154. The number of benzene rings is 3. The highest BCUT2D eigenvalue weighted by Gasteiger charge is 2.30. The second-order valence-corrected chi connectivity index (χ2v) is 8.46. The van der Waals surface area contributed by atoms with E-state index in [9.17, 15) is 9.59 Å². The first-order valence-corrected chi connectivity index (χ1v) is 11.1. The van der Waals surface area contributed by atoms with E-state index in [0.717, 1.165) is 11.1 Å². The molecule has 0 fully saturated rings. The van der Waals surface area contributed by atoms with Crippen molar-refractivity contribution in [2.75, 3.05) is 12.4 Å². The van der Waals surface area contributed by atoms with Gasteiger partial charge < -0.3 is 14.8 Å². The van der Waals surface area contributed by atoms with Crippen molar-refractivity contribution in [3.05, 3.63) is 98.8 Å². The molecule has 0 spiro atoms. The van der Waals surface area contributed by atoms with Crippen LogP contribution in [0.2, 0.25) is 5.02 Å². The number of carbonyl (C=O) groups is 1. The zero-order valence-electron chi connectivity index (χ0n) is 18.7. The van der Waals surface area contributed by atoms with Crippen LogP contribution in [0.5, 0.6) is 17.4 Å². The third-order valence-electron chi connectivity index (χ3n) is 5.72. The maximum Gasteiger partial charge on any atom is 0.278 e. The number of nitrogens with one attached hydrogen (secondary N) is 1. The van der Waals surface area contributed by atoms with Gasteiger partial charge in [-0.3, -0.25) is 9.59 Å².